The van der Waals surface area contributed by atoms with Crippen LogP contribution in [-0.2, 0) is 10.3 Å². The van der Waals surface area contributed by atoms with Gasteiger partial charge in [-0.1, -0.05) is 66.7 Å². The van der Waals surface area contributed by atoms with Gasteiger partial charge in [-0.25, -0.2) is 0 Å². The quantitative estimate of drug-likeness (QED) is 0.501. The van der Waals surface area contributed by atoms with E-state index in [4.69, 9.17) is 4.74 Å². The van der Waals surface area contributed by atoms with E-state index in [0.717, 1.165) is 5.39 Å². The zero-order valence-corrected chi connectivity index (χ0v) is 13.0. The minimum Gasteiger partial charge on any atom is -0.343 e. The summed E-state index contributed by atoms with van der Waals surface area (Å²) in [6, 6.07) is 19.5. The first-order valence-electron chi connectivity index (χ1n) is 7.76. The van der Waals surface area contributed by atoms with Crippen molar-refractivity contribution >= 4 is 16.6 Å². The molecule has 5 heteroatoms. The summed E-state index contributed by atoms with van der Waals surface area (Å²) in [4.78, 5) is 12.5. The number of alkyl halides is 3. The highest BCUT2D eigenvalue weighted by Crippen LogP contribution is 2.58. The van der Waals surface area contributed by atoms with Gasteiger partial charge in [0.25, 0.3) is 0 Å². The van der Waals surface area contributed by atoms with Gasteiger partial charge in [0, 0.05) is 5.56 Å². The van der Waals surface area contributed by atoms with Gasteiger partial charge in [-0.05, 0) is 22.4 Å². The molecule has 0 spiro atoms. The summed E-state index contributed by atoms with van der Waals surface area (Å²) in [5, 5.41) is 1.50. The molecule has 0 saturated carbocycles. The number of halogens is 3. The Morgan fingerprint density at radius 1 is 0.880 bits per heavy atom. The van der Waals surface area contributed by atoms with Crippen molar-refractivity contribution in [2.45, 2.75) is 17.9 Å². The topological polar surface area (TPSA) is 29.6 Å². The van der Waals surface area contributed by atoms with Crippen LogP contribution in [0.2, 0.25) is 0 Å². The monoisotopic (exact) mass is 342 g/mol. The largest absolute Gasteiger partial charge is 0.424 e. The van der Waals surface area contributed by atoms with Gasteiger partial charge in [-0.2, -0.15) is 13.2 Å². The Morgan fingerprint density at radius 3 is 2.20 bits per heavy atom. The third-order valence-corrected chi connectivity index (χ3v) is 4.51. The Labute approximate surface area is 141 Å². The molecular weight excluding hydrogens is 329 g/mol. The molecule has 0 aliphatic carbocycles. The summed E-state index contributed by atoms with van der Waals surface area (Å²) in [7, 11) is 0. The summed E-state index contributed by atoms with van der Waals surface area (Å²) in [5.41, 5.74) is -2.42. The van der Waals surface area contributed by atoms with Crippen LogP contribution in [0.3, 0.4) is 0 Å². The highest BCUT2D eigenvalue weighted by molar-refractivity contribution is 6.02. The van der Waals surface area contributed by atoms with Crippen LogP contribution in [0.5, 0.6) is 0 Å². The number of hydrogen-bond acceptors (Lipinski definition) is 2. The number of fused-ring (bicyclic) bond motifs is 1. The van der Waals surface area contributed by atoms with E-state index in [-0.39, 0.29) is 11.1 Å². The van der Waals surface area contributed by atoms with Crippen LogP contribution < -0.4 is 0 Å². The molecule has 2 nitrogen and oxygen atoms in total. The van der Waals surface area contributed by atoms with Gasteiger partial charge in [0.15, 0.2) is 11.9 Å². The Morgan fingerprint density at radius 2 is 1.52 bits per heavy atom. The molecule has 0 aromatic heterocycles. The second-order valence-electron chi connectivity index (χ2n) is 6.02. The molecule has 2 atom stereocenters. The molecule has 126 valence electrons. The van der Waals surface area contributed by atoms with Crippen LogP contribution in [0.1, 0.15) is 15.9 Å². The Balaban J connectivity index is 1.78. The summed E-state index contributed by atoms with van der Waals surface area (Å²) >= 11 is 0. The van der Waals surface area contributed by atoms with Gasteiger partial charge in [0.05, 0.1) is 0 Å². The molecule has 0 N–H and O–H groups in total. The maximum atomic E-state index is 13.8. The molecule has 0 amide bonds. The van der Waals surface area contributed by atoms with Crippen molar-refractivity contribution in [3.63, 3.8) is 0 Å². The molecule has 1 aliphatic rings. The minimum absolute atomic E-state index is 0.0482. The van der Waals surface area contributed by atoms with Crippen molar-refractivity contribution < 1.29 is 22.7 Å². The van der Waals surface area contributed by atoms with Crippen LogP contribution in [0.15, 0.2) is 72.8 Å². The van der Waals surface area contributed by atoms with Crippen molar-refractivity contribution in [3.05, 3.63) is 83.9 Å². The van der Waals surface area contributed by atoms with Crippen molar-refractivity contribution in [1.29, 1.82) is 0 Å². The highest BCUT2D eigenvalue weighted by Gasteiger charge is 2.76. The minimum atomic E-state index is -4.69. The van der Waals surface area contributed by atoms with E-state index in [2.05, 4.69) is 0 Å². The molecule has 1 heterocycles. The Hall–Kier alpha value is -2.66. The summed E-state index contributed by atoms with van der Waals surface area (Å²) in [6.07, 6.45) is -6.25. The average molecular weight is 342 g/mol. The van der Waals surface area contributed by atoms with Crippen molar-refractivity contribution in [2.24, 2.45) is 0 Å². The molecule has 3 aromatic rings. The third-order valence-electron chi connectivity index (χ3n) is 4.51. The molecule has 0 bridgehead atoms. The van der Waals surface area contributed by atoms with Gasteiger partial charge in [-0.3, -0.25) is 4.79 Å². The van der Waals surface area contributed by atoms with Crippen LogP contribution in [-0.4, -0.2) is 18.1 Å². The first kappa shape index (κ1) is 15.8. The smallest absolute Gasteiger partial charge is 0.343 e. The maximum absolute atomic E-state index is 13.8. The Bertz CT molecular complexity index is 950. The molecular formula is C20H13F3O2. The van der Waals surface area contributed by atoms with Crippen LogP contribution in [0, 0.1) is 0 Å². The SMILES string of the molecule is O=C(c1ccccc1)[C@H]1O[C@]1(c1ccc2ccccc2c1)C(F)(F)F. The van der Waals surface area contributed by atoms with Crippen molar-refractivity contribution in [3.8, 4) is 0 Å². The van der Waals surface area contributed by atoms with E-state index in [9.17, 15) is 18.0 Å². The third kappa shape index (κ3) is 2.43. The first-order valence-corrected chi connectivity index (χ1v) is 7.76. The van der Waals surface area contributed by atoms with E-state index in [1.165, 1.54) is 24.3 Å². The number of hydrogen-bond donors (Lipinski definition) is 0. The van der Waals surface area contributed by atoms with E-state index in [0.29, 0.717) is 5.39 Å². The number of rotatable bonds is 3. The molecule has 0 radical (unpaired) electrons. The number of ether oxygens (including phenoxy) is 1. The van der Waals surface area contributed by atoms with Crippen LogP contribution in [0.25, 0.3) is 10.8 Å². The molecule has 1 aliphatic heterocycles. The average Bonchev–Trinajstić information content (AvgIpc) is 3.38. The summed E-state index contributed by atoms with van der Waals surface area (Å²) < 4.78 is 46.5. The highest BCUT2D eigenvalue weighted by atomic mass is 19.4. The van der Waals surface area contributed by atoms with Crippen LogP contribution >= 0.6 is 0 Å². The zero-order chi connectivity index (χ0) is 17.7. The lowest BCUT2D eigenvalue weighted by molar-refractivity contribution is -0.187. The first-order chi connectivity index (χ1) is 11.9. The number of ketones is 1. The number of carbonyl (C=O) groups is 1. The van der Waals surface area contributed by atoms with E-state index in [1.807, 2.05) is 12.1 Å². The molecule has 1 fully saturated rings. The number of epoxide rings is 1. The predicted octanol–water partition coefficient (Wildman–Crippen LogP) is 4.88. The normalized spacial score (nSPS) is 22.8. The summed E-state index contributed by atoms with van der Waals surface area (Å²) in [6.45, 7) is 0. The Kier molecular flexibility index (Phi) is 3.44. The second kappa shape index (κ2) is 5.43. The lowest BCUT2D eigenvalue weighted by Crippen LogP contribution is -2.35. The fourth-order valence-electron chi connectivity index (χ4n) is 3.16. The van der Waals surface area contributed by atoms with Crippen molar-refractivity contribution in [1.82, 2.24) is 0 Å². The molecule has 0 unspecified atom stereocenters. The van der Waals surface area contributed by atoms with Gasteiger partial charge in [-0.15, -0.1) is 0 Å². The molecule has 1 saturated heterocycles. The predicted molar refractivity (Wildman–Crippen MR) is 87.3 cm³/mol. The van der Waals surface area contributed by atoms with Gasteiger partial charge < -0.3 is 4.74 Å². The second-order valence-corrected chi connectivity index (χ2v) is 6.02. The standard InChI is InChI=1S/C20H13F3O2/c21-20(22,23)19(16-11-10-13-6-4-5-9-15(13)12-16)18(25-19)17(24)14-7-2-1-3-8-14/h1-12,18H/t18-,19+/m1/s1. The lowest BCUT2D eigenvalue weighted by atomic mass is 9.89. The lowest BCUT2D eigenvalue weighted by Gasteiger charge is -2.18. The summed E-state index contributed by atoms with van der Waals surface area (Å²) in [5.74, 6) is -0.661. The number of Topliss-reactive ketones (excluding diaryl/α,β-unsaturated/α-hetero) is 1. The van der Waals surface area contributed by atoms with E-state index >= 15 is 0 Å². The van der Waals surface area contributed by atoms with Crippen LogP contribution in [0.4, 0.5) is 13.2 Å². The van der Waals surface area contributed by atoms with E-state index in [1.54, 1.807) is 36.4 Å². The molecule has 3 aromatic carbocycles. The fraction of sp³-hybridized carbons (Fsp3) is 0.150. The molecule has 25 heavy (non-hydrogen) atoms. The van der Waals surface area contributed by atoms with E-state index < -0.39 is 23.7 Å². The van der Waals surface area contributed by atoms with Crippen molar-refractivity contribution in [2.75, 3.05) is 0 Å². The fourth-order valence-corrected chi connectivity index (χ4v) is 3.16. The maximum Gasteiger partial charge on any atom is 0.424 e. The zero-order valence-electron chi connectivity index (χ0n) is 13.0. The van der Waals surface area contributed by atoms with Gasteiger partial charge in [0.1, 0.15) is 0 Å². The van der Waals surface area contributed by atoms with Gasteiger partial charge >= 0.3 is 6.18 Å². The number of benzene rings is 3. The number of carbonyl (C=O) groups excluding carboxylic acids is 1. The van der Waals surface area contributed by atoms with Gasteiger partial charge in [0.2, 0.25) is 5.60 Å². The molecule has 4 rings (SSSR count).